The summed E-state index contributed by atoms with van der Waals surface area (Å²) < 4.78 is 0. The van der Waals surface area contributed by atoms with E-state index in [1.165, 1.54) is 0 Å². The number of hydrogen-bond donors (Lipinski definition) is 2. The number of anilines is 1. The maximum absolute atomic E-state index is 11.8. The first-order valence-corrected chi connectivity index (χ1v) is 6.50. The van der Waals surface area contributed by atoms with Crippen LogP contribution in [-0.2, 0) is 4.79 Å². The first-order chi connectivity index (χ1) is 8.83. The Balaban J connectivity index is 0.00000133. The van der Waals surface area contributed by atoms with Crippen molar-refractivity contribution in [3.05, 3.63) is 24.4 Å². The molecule has 0 bridgehead atoms. The second kappa shape index (κ2) is 6.21. The fourth-order valence-corrected chi connectivity index (χ4v) is 2.42. The standard InChI is InChI=1S/C13H18N4O.ClH/c18-13(10-7-14-8-10)16-11-4-6-17(9-11)12-3-1-2-5-15-12;/h1-3,5,10-11,14H,4,6-9H2,(H,16,18);1H. The van der Waals surface area contributed by atoms with Gasteiger partial charge in [0.25, 0.3) is 0 Å². The monoisotopic (exact) mass is 282 g/mol. The summed E-state index contributed by atoms with van der Waals surface area (Å²) in [6.07, 6.45) is 2.81. The molecule has 2 aliphatic heterocycles. The van der Waals surface area contributed by atoms with E-state index in [0.717, 1.165) is 38.4 Å². The summed E-state index contributed by atoms with van der Waals surface area (Å²) in [5.74, 6) is 1.37. The summed E-state index contributed by atoms with van der Waals surface area (Å²) in [5.41, 5.74) is 0. The summed E-state index contributed by atoms with van der Waals surface area (Å²) in [7, 11) is 0. The number of halogens is 1. The van der Waals surface area contributed by atoms with E-state index in [1.54, 1.807) is 6.20 Å². The number of carbonyl (C=O) groups is 1. The van der Waals surface area contributed by atoms with Crippen molar-refractivity contribution in [1.82, 2.24) is 15.6 Å². The molecule has 19 heavy (non-hydrogen) atoms. The fourth-order valence-electron chi connectivity index (χ4n) is 2.42. The van der Waals surface area contributed by atoms with Gasteiger partial charge in [0.15, 0.2) is 0 Å². The molecule has 104 valence electrons. The molecule has 1 atom stereocenters. The predicted molar refractivity (Wildman–Crippen MR) is 76.6 cm³/mol. The second-order valence-corrected chi connectivity index (χ2v) is 4.98. The van der Waals surface area contributed by atoms with Crippen LogP contribution in [0.3, 0.4) is 0 Å². The third-order valence-corrected chi connectivity index (χ3v) is 3.66. The predicted octanol–water partition coefficient (Wildman–Crippen LogP) is 0.418. The zero-order valence-electron chi connectivity index (χ0n) is 10.7. The smallest absolute Gasteiger partial charge is 0.225 e. The van der Waals surface area contributed by atoms with Gasteiger partial charge >= 0.3 is 0 Å². The third-order valence-electron chi connectivity index (χ3n) is 3.66. The number of nitrogens with one attached hydrogen (secondary N) is 2. The molecular weight excluding hydrogens is 264 g/mol. The lowest BCUT2D eigenvalue weighted by molar-refractivity contribution is -0.127. The van der Waals surface area contributed by atoms with Gasteiger partial charge in [0.2, 0.25) is 5.91 Å². The van der Waals surface area contributed by atoms with E-state index < -0.39 is 0 Å². The number of pyridine rings is 1. The molecule has 2 N–H and O–H groups in total. The summed E-state index contributed by atoms with van der Waals surface area (Å²) in [6.45, 7) is 3.47. The molecule has 1 aromatic heterocycles. The van der Waals surface area contributed by atoms with Gasteiger partial charge in [-0.25, -0.2) is 4.98 Å². The molecule has 6 heteroatoms. The molecule has 1 aromatic rings. The van der Waals surface area contributed by atoms with Gasteiger partial charge in [-0.15, -0.1) is 12.4 Å². The Morgan fingerprint density at radius 1 is 1.42 bits per heavy atom. The minimum absolute atomic E-state index is 0. The minimum atomic E-state index is 0. The molecule has 0 saturated carbocycles. The molecule has 2 fully saturated rings. The number of carbonyl (C=O) groups excluding carboxylic acids is 1. The van der Waals surface area contributed by atoms with Crippen molar-refractivity contribution in [2.24, 2.45) is 5.92 Å². The van der Waals surface area contributed by atoms with Crippen molar-refractivity contribution in [1.29, 1.82) is 0 Å². The Morgan fingerprint density at radius 3 is 2.89 bits per heavy atom. The van der Waals surface area contributed by atoms with E-state index in [1.807, 2.05) is 18.2 Å². The lowest BCUT2D eigenvalue weighted by Crippen LogP contribution is -2.53. The van der Waals surface area contributed by atoms with Crippen LogP contribution in [0, 0.1) is 5.92 Å². The van der Waals surface area contributed by atoms with E-state index in [4.69, 9.17) is 0 Å². The maximum atomic E-state index is 11.8. The Bertz CT molecular complexity index is 424. The molecule has 0 aliphatic carbocycles. The van der Waals surface area contributed by atoms with E-state index in [2.05, 4.69) is 20.5 Å². The maximum Gasteiger partial charge on any atom is 0.225 e. The quantitative estimate of drug-likeness (QED) is 0.844. The van der Waals surface area contributed by atoms with Gasteiger partial charge in [0, 0.05) is 38.4 Å². The third kappa shape index (κ3) is 3.16. The first-order valence-electron chi connectivity index (χ1n) is 6.50. The molecule has 5 nitrogen and oxygen atoms in total. The second-order valence-electron chi connectivity index (χ2n) is 4.98. The Kier molecular flexibility index (Phi) is 4.61. The number of rotatable bonds is 3. The molecule has 0 spiro atoms. The molecular formula is C13H19ClN4O. The van der Waals surface area contributed by atoms with Crippen LogP contribution in [0.1, 0.15) is 6.42 Å². The largest absolute Gasteiger partial charge is 0.354 e. The van der Waals surface area contributed by atoms with Gasteiger partial charge in [-0.1, -0.05) is 6.07 Å². The number of amides is 1. The van der Waals surface area contributed by atoms with Gasteiger partial charge in [0.05, 0.1) is 5.92 Å². The first kappa shape index (κ1) is 14.1. The van der Waals surface area contributed by atoms with Gasteiger partial charge in [-0.2, -0.15) is 0 Å². The topological polar surface area (TPSA) is 57.3 Å². The van der Waals surface area contributed by atoms with Crippen molar-refractivity contribution in [2.75, 3.05) is 31.1 Å². The highest BCUT2D eigenvalue weighted by atomic mass is 35.5. The average Bonchev–Trinajstić information content (AvgIpc) is 2.76. The summed E-state index contributed by atoms with van der Waals surface area (Å²) in [4.78, 5) is 18.4. The minimum Gasteiger partial charge on any atom is -0.354 e. The van der Waals surface area contributed by atoms with E-state index in [9.17, 15) is 4.79 Å². The van der Waals surface area contributed by atoms with Crippen molar-refractivity contribution in [3.63, 3.8) is 0 Å². The van der Waals surface area contributed by atoms with Crippen LogP contribution in [0.5, 0.6) is 0 Å². The fraction of sp³-hybridized carbons (Fsp3) is 0.538. The van der Waals surface area contributed by atoms with Crippen molar-refractivity contribution < 1.29 is 4.79 Å². The van der Waals surface area contributed by atoms with Crippen molar-refractivity contribution in [2.45, 2.75) is 12.5 Å². The van der Waals surface area contributed by atoms with Crippen LogP contribution in [0.25, 0.3) is 0 Å². The molecule has 1 unspecified atom stereocenters. The van der Waals surface area contributed by atoms with Crippen LogP contribution >= 0.6 is 12.4 Å². The molecule has 2 aliphatic rings. The van der Waals surface area contributed by atoms with Gasteiger partial charge in [-0.05, 0) is 18.6 Å². The highest BCUT2D eigenvalue weighted by Gasteiger charge is 2.29. The lowest BCUT2D eigenvalue weighted by Gasteiger charge is -2.27. The van der Waals surface area contributed by atoms with Crippen LogP contribution in [-0.4, -0.2) is 43.1 Å². The molecule has 1 amide bonds. The molecule has 2 saturated heterocycles. The Hall–Kier alpha value is -1.33. The Labute approximate surface area is 119 Å². The number of aromatic nitrogens is 1. The SMILES string of the molecule is Cl.O=C(NC1CCN(c2ccccn2)C1)C1CNC1. The molecule has 0 radical (unpaired) electrons. The number of nitrogens with zero attached hydrogens (tertiary/aromatic N) is 2. The highest BCUT2D eigenvalue weighted by molar-refractivity contribution is 5.85. The van der Waals surface area contributed by atoms with Gasteiger partial charge in [0.1, 0.15) is 5.82 Å². The summed E-state index contributed by atoms with van der Waals surface area (Å²) in [5, 5.41) is 6.25. The molecule has 3 heterocycles. The average molecular weight is 283 g/mol. The van der Waals surface area contributed by atoms with Crippen LogP contribution in [0.15, 0.2) is 24.4 Å². The summed E-state index contributed by atoms with van der Waals surface area (Å²) >= 11 is 0. The Morgan fingerprint density at radius 2 is 2.26 bits per heavy atom. The number of hydrogen-bond acceptors (Lipinski definition) is 4. The van der Waals surface area contributed by atoms with Crippen LogP contribution in [0.4, 0.5) is 5.82 Å². The zero-order valence-corrected chi connectivity index (χ0v) is 11.5. The molecule has 3 rings (SSSR count). The van der Waals surface area contributed by atoms with Gasteiger partial charge < -0.3 is 15.5 Å². The van der Waals surface area contributed by atoms with Crippen LogP contribution in [0.2, 0.25) is 0 Å². The van der Waals surface area contributed by atoms with E-state index >= 15 is 0 Å². The zero-order chi connectivity index (χ0) is 12.4. The van der Waals surface area contributed by atoms with Crippen LogP contribution < -0.4 is 15.5 Å². The van der Waals surface area contributed by atoms with E-state index in [0.29, 0.717) is 0 Å². The highest BCUT2D eigenvalue weighted by Crippen LogP contribution is 2.17. The van der Waals surface area contributed by atoms with Crippen molar-refractivity contribution in [3.8, 4) is 0 Å². The lowest BCUT2D eigenvalue weighted by atomic mass is 10.0. The normalized spacial score (nSPS) is 22.5. The van der Waals surface area contributed by atoms with E-state index in [-0.39, 0.29) is 30.3 Å². The van der Waals surface area contributed by atoms with Gasteiger partial charge in [-0.3, -0.25) is 4.79 Å². The summed E-state index contributed by atoms with van der Waals surface area (Å²) in [6, 6.07) is 6.19. The van der Waals surface area contributed by atoms with Crippen molar-refractivity contribution >= 4 is 24.1 Å². The molecule has 0 aromatic carbocycles.